The number of nitro groups is 1. The fourth-order valence-electron chi connectivity index (χ4n) is 1.20. The minimum atomic E-state index is -0.537. The van der Waals surface area contributed by atoms with E-state index in [0.29, 0.717) is 13.2 Å². The van der Waals surface area contributed by atoms with Crippen LogP contribution in [-0.4, -0.2) is 24.6 Å². The van der Waals surface area contributed by atoms with Gasteiger partial charge in [0.1, 0.15) is 11.6 Å². The van der Waals surface area contributed by atoms with Crippen molar-refractivity contribution < 1.29 is 9.66 Å². The number of halogens is 1. The van der Waals surface area contributed by atoms with Crippen LogP contribution >= 0.6 is 11.6 Å². The van der Waals surface area contributed by atoms with Gasteiger partial charge in [0.2, 0.25) is 0 Å². The highest BCUT2D eigenvalue weighted by Crippen LogP contribution is 2.33. The highest BCUT2D eigenvalue weighted by Gasteiger charge is 2.19. The number of rotatable bonds is 6. The third-order valence-electron chi connectivity index (χ3n) is 1.92. The summed E-state index contributed by atoms with van der Waals surface area (Å²) in [5.41, 5.74) is -0.180. The van der Waals surface area contributed by atoms with E-state index in [0.717, 1.165) is 6.54 Å². The van der Waals surface area contributed by atoms with E-state index in [4.69, 9.17) is 16.3 Å². The van der Waals surface area contributed by atoms with Crippen molar-refractivity contribution in [2.24, 2.45) is 0 Å². The van der Waals surface area contributed by atoms with Gasteiger partial charge in [-0.2, -0.15) is 0 Å². The zero-order chi connectivity index (χ0) is 12.0. The fourth-order valence-corrected chi connectivity index (χ4v) is 1.43. The molecule has 0 aromatic heterocycles. The first kappa shape index (κ1) is 12.7. The topological polar surface area (TPSA) is 64.4 Å². The van der Waals surface area contributed by atoms with Crippen molar-refractivity contribution in [2.75, 3.05) is 19.7 Å². The van der Waals surface area contributed by atoms with Crippen molar-refractivity contribution >= 4 is 17.3 Å². The standard InChI is InChI=1S/C10H13ClN2O3/c1-2-12-6-7-16-9-5-3-4-8(11)10(9)13(14)15/h3-5,12H,2,6-7H2,1H3. The molecule has 1 aromatic carbocycles. The number of nitrogens with one attached hydrogen (secondary N) is 1. The molecule has 0 saturated heterocycles. The number of nitrogens with zero attached hydrogens (tertiary/aromatic N) is 1. The first-order chi connectivity index (χ1) is 7.66. The molecule has 88 valence electrons. The molecule has 5 nitrogen and oxygen atoms in total. The molecule has 0 spiro atoms. The molecule has 0 fully saturated rings. The maximum absolute atomic E-state index is 10.8. The average molecular weight is 245 g/mol. The van der Waals surface area contributed by atoms with Gasteiger partial charge in [0.05, 0.1) is 4.92 Å². The number of para-hydroxylation sites is 1. The lowest BCUT2D eigenvalue weighted by atomic mass is 10.3. The monoisotopic (exact) mass is 244 g/mol. The zero-order valence-corrected chi connectivity index (χ0v) is 9.66. The van der Waals surface area contributed by atoms with Gasteiger partial charge in [-0.25, -0.2) is 0 Å². The summed E-state index contributed by atoms with van der Waals surface area (Å²) in [5.74, 6) is 0.204. The number of ether oxygens (including phenoxy) is 1. The Morgan fingerprint density at radius 1 is 1.56 bits per heavy atom. The molecule has 0 aliphatic rings. The van der Waals surface area contributed by atoms with Crippen LogP contribution in [0.2, 0.25) is 5.02 Å². The van der Waals surface area contributed by atoms with E-state index in [2.05, 4.69) is 5.32 Å². The van der Waals surface area contributed by atoms with E-state index < -0.39 is 4.92 Å². The average Bonchev–Trinajstić information content (AvgIpc) is 2.24. The fraction of sp³-hybridized carbons (Fsp3) is 0.400. The van der Waals surface area contributed by atoms with Crippen LogP contribution in [0.3, 0.4) is 0 Å². The molecule has 6 heteroatoms. The maximum atomic E-state index is 10.8. The van der Waals surface area contributed by atoms with Crippen LogP contribution in [0, 0.1) is 10.1 Å². The van der Waals surface area contributed by atoms with Crippen LogP contribution < -0.4 is 10.1 Å². The summed E-state index contributed by atoms with van der Waals surface area (Å²) >= 11 is 5.73. The Hall–Kier alpha value is -1.33. The number of nitro benzene ring substituents is 1. The molecule has 0 saturated carbocycles. The van der Waals surface area contributed by atoms with Crippen molar-refractivity contribution in [3.63, 3.8) is 0 Å². The van der Waals surface area contributed by atoms with E-state index in [-0.39, 0.29) is 16.5 Å². The molecule has 1 rings (SSSR count). The molecule has 1 N–H and O–H groups in total. The molecule has 16 heavy (non-hydrogen) atoms. The molecule has 0 unspecified atom stereocenters. The zero-order valence-electron chi connectivity index (χ0n) is 8.90. The molecule has 0 bridgehead atoms. The van der Waals surface area contributed by atoms with E-state index in [1.807, 2.05) is 6.92 Å². The Balaban J connectivity index is 2.71. The second-order valence-electron chi connectivity index (χ2n) is 3.05. The number of benzene rings is 1. The van der Waals surface area contributed by atoms with Gasteiger partial charge in [0.25, 0.3) is 0 Å². The van der Waals surface area contributed by atoms with Crippen LogP contribution in [0.15, 0.2) is 18.2 Å². The summed E-state index contributed by atoms with van der Waals surface area (Å²) in [6.07, 6.45) is 0. The van der Waals surface area contributed by atoms with Crippen molar-refractivity contribution in [1.29, 1.82) is 0 Å². The first-order valence-corrected chi connectivity index (χ1v) is 5.31. The van der Waals surface area contributed by atoms with Gasteiger partial charge < -0.3 is 10.1 Å². The Kier molecular flexibility index (Phi) is 5.01. The van der Waals surface area contributed by atoms with Gasteiger partial charge in [-0.3, -0.25) is 10.1 Å². The molecule has 0 aliphatic carbocycles. The number of hydrogen-bond donors (Lipinski definition) is 1. The Bertz CT molecular complexity index is 371. The van der Waals surface area contributed by atoms with Crippen molar-refractivity contribution in [1.82, 2.24) is 5.32 Å². The third-order valence-corrected chi connectivity index (χ3v) is 2.22. The molecule has 0 radical (unpaired) electrons. The number of likely N-dealkylation sites (N-methyl/N-ethyl adjacent to an activating group) is 1. The molecular formula is C10H13ClN2O3. The molecule has 0 atom stereocenters. The first-order valence-electron chi connectivity index (χ1n) is 4.93. The number of hydrogen-bond acceptors (Lipinski definition) is 4. The van der Waals surface area contributed by atoms with E-state index >= 15 is 0 Å². The predicted molar refractivity (Wildman–Crippen MR) is 62.1 cm³/mol. The summed E-state index contributed by atoms with van der Waals surface area (Å²) in [4.78, 5) is 10.2. The van der Waals surface area contributed by atoms with Gasteiger partial charge in [-0.1, -0.05) is 24.6 Å². The highest BCUT2D eigenvalue weighted by molar-refractivity contribution is 6.32. The molecular weight excluding hydrogens is 232 g/mol. The predicted octanol–water partition coefficient (Wildman–Crippen LogP) is 2.24. The van der Waals surface area contributed by atoms with Crippen LogP contribution in [-0.2, 0) is 0 Å². The van der Waals surface area contributed by atoms with E-state index in [1.165, 1.54) is 12.1 Å². The minimum absolute atomic E-state index is 0.0888. The van der Waals surface area contributed by atoms with E-state index in [9.17, 15) is 10.1 Å². The Labute approximate surface area is 98.5 Å². The van der Waals surface area contributed by atoms with Crippen molar-refractivity contribution in [3.8, 4) is 5.75 Å². The SMILES string of the molecule is CCNCCOc1cccc(Cl)c1[N+](=O)[O-]. The van der Waals surface area contributed by atoms with Gasteiger partial charge in [-0.05, 0) is 18.7 Å². The molecule has 1 aromatic rings. The molecule has 0 heterocycles. The van der Waals surface area contributed by atoms with Crippen LogP contribution in [0.25, 0.3) is 0 Å². The van der Waals surface area contributed by atoms with Crippen LogP contribution in [0.1, 0.15) is 6.92 Å². The van der Waals surface area contributed by atoms with Crippen molar-refractivity contribution in [2.45, 2.75) is 6.92 Å². The molecule has 0 amide bonds. The van der Waals surface area contributed by atoms with Crippen molar-refractivity contribution in [3.05, 3.63) is 33.3 Å². The van der Waals surface area contributed by atoms with Crippen LogP contribution in [0.5, 0.6) is 5.75 Å². The summed E-state index contributed by atoms with van der Waals surface area (Å²) in [6, 6.07) is 4.63. The second kappa shape index (κ2) is 6.30. The lowest BCUT2D eigenvalue weighted by Gasteiger charge is -2.07. The lowest BCUT2D eigenvalue weighted by molar-refractivity contribution is -0.385. The summed E-state index contributed by atoms with van der Waals surface area (Å²) in [7, 11) is 0. The second-order valence-corrected chi connectivity index (χ2v) is 3.45. The Morgan fingerprint density at radius 2 is 2.31 bits per heavy atom. The van der Waals surface area contributed by atoms with Gasteiger partial charge in [0, 0.05) is 6.54 Å². The normalized spacial score (nSPS) is 10.1. The maximum Gasteiger partial charge on any atom is 0.329 e. The highest BCUT2D eigenvalue weighted by atomic mass is 35.5. The van der Waals surface area contributed by atoms with Crippen LogP contribution in [0.4, 0.5) is 5.69 Å². The Morgan fingerprint density at radius 3 is 2.94 bits per heavy atom. The van der Waals surface area contributed by atoms with Gasteiger partial charge >= 0.3 is 5.69 Å². The van der Waals surface area contributed by atoms with E-state index in [1.54, 1.807) is 6.07 Å². The third kappa shape index (κ3) is 3.36. The largest absolute Gasteiger partial charge is 0.485 e. The van der Waals surface area contributed by atoms with Gasteiger partial charge in [-0.15, -0.1) is 0 Å². The summed E-state index contributed by atoms with van der Waals surface area (Å²) in [6.45, 7) is 3.82. The minimum Gasteiger partial charge on any atom is -0.485 e. The summed E-state index contributed by atoms with van der Waals surface area (Å²) < 4.78 is 5.29. The molecule has 0 aliphatic heterocycles. The summed E-state index contributed by atoms with van der Waals surface area (Å²) in [5, 5.41) is 13.9. The quantitative estimate of drug-likeness (QED) is 0.474. The van der Waals surface area contributed by atoms with Gasteiger partial charge in [0.15, 0.2) is 5.75 Å². The lowest BCUT2D eigenvalue weighted by Crippen LogP contribution is -2.20. The smallest absolute Gasteiger partial charge is 0.329 e.